The second kappa shape index (κ2) is 8.69. The molecule has 1 aromatic heterocycles. The van der Waals surface area contributed by atoms with Crippen molar-refractivity contribution in [1.29, 1.82) is 0 Å². The Hall–Kier alpha value is -2.57. The zero-order valence-corrected chi connectivity index (χ0v) is 15.6. The molecule has 0 aliphatic carbocycles. The summed E-state index contributed by atoms with van der Waals surface area (Å²) in [5, 5.41) is 11.4. The summed E-state index contributed by atoms with van der Waals surface area (Å²) < 4.78 is 7.82. The highest BCUT2D eigenvalue weighted by atomic mass is 16.5. The number of carbonyl (C=O) groups is 1. The maximum Gasteiger partial charge on any atom is 0.317 e. The number of nitrogens with zero attached hydrogens (tertiary/aromatic N) is 4. The van der Waals surface area contributed by atoms with E-state index in [0.717, 1.165) is 43.2 Å². The lowest BCUT2D eigenvalue weighted by molar-refractivity contribution is 0.194. The van der Waals surface area contributed by atoms with Gasteiger partial charge in [-0.25, -0.2) is 4.79 Å². The summed E-state index contributed by atoms with van der Waals surface area (Å²) in [5.41, 5.74) is 1.19. The molecule has 0 unspecified atom stereocenters. The van der Waals surface area contributed by atoms with E-state index in [4.69, 9.17) is 4.74 Å². The zero-order valence-electron chi connectivity index (χ0n) is 15.6. The van der Waals surface area contributed by atoms with Crippen LogP contribution in [0.25, 0.3) is 0 Å². The van der Waals surface area contributed by atoms with Gasteiger partial charge in [-0.2, -0.15) is 0 Å². The Morgan fingerprint density at radius 2 is 2.04 bits per heavy atom. The molecule has 140 valence electrons. The number of carbonyl (C=O) groups excluding carboxylic acids is 1. The van der Waals surface area contributed by atoms with E-state index in [-0.39, 0.29) is 6.03 Å². The number of nitrogens with one attached hydrogen (secondary N) is 1. The van der Waals surface area contributed by atoms with Crippen molar-refractivity contribution in [2.45, 2.75) is 45.7 Å². The van der Waals surface area contributed by atoms with Crippen LogP contribution in [0.2, 0.25) is 0 Å². The van der Waals surface area contributed by atoms with Gasteiger partial charge < -0.3 is 19.5 Å². The molecule has 26 heavy (non-hydrogen) atoms. The number of aryl methyl sites for hydroxylation is 2. The van der Waals surface area contributed by atoms with Crippen molar-refractivity contribution in [2.24, 2.45) is 0 Å². The number of fused-ring (bicyclic) bond motifs is 1. The van der Waals surface area contributed by atoms with Gasteiger partial charge in [-0.3, -0.25) is 0 Å². The Morgan fingerprint density at radius 3 is 2.85 bits per heavy atom. The van der Waals surface area contributed by atoms with Gasteiger partial charge in [0.05, 0.1) is 13.1 Å². The molecule has 2 heterocycles. The van der Waals surface area contributed by atoms with Crippen LogP contribution in [-0.2, 0) is 19.5 Å². The van der Waals surface area contributed by atoms with Crippen LogP contribution >= 0.6 is 0 Å². The van der Waals surface area contributed by atoms with Crippen LogP contribution in [0, 0.1) is 6.92 Å². The molecule has 0 saturated heterocycles. The van der Waals surface area contributed by atoms with Crippen molar-refractivity contribution in [3.05, 3.63) is 41.5 Å². The number of urea groups is 1. The van der Waals surface area contributed by atoms with Gasteiger partial charge in [0.15, 0.2) is 5.82 Å². The third kappa shape index (κ3) is 4.74. The minimum Gasteiger partial charge on any atom is -0.492 e. The highest BCUT2D eigenvalue weighted by Gasteiger charge is 2.16. The second-order valence-electron chi connectivity index (χ2n) is 6.74. The van der Waals surface area contributed by atoms with Gasteiger partial charge in [-0.15, -0.1) is 10.2 Å². The first-order chi connectivity index (χ1) is 12.6. The minimum atomic E-state index is -0.136. The van der Waals surface area contributed by atoms with E-state index >= 15 is 0 Å². The number of amides is 2. The van der Waals surface area contributed by atoms with Gasteiger partial charge in [-0.05, 0) is 31.9 Å². The molecule has 1 N–H and O–H groups in total. The molecule has 3 rings (SSSR count). The molecule has 0 saturated carbocycles. The molecule has 0 bridgehead atoms. The lowest BCUT2D eigenvalue weighted by Crippen LogP contribution is -2.39. The van der Waals surface area contributed by atoms with E-state index < -0.39 is 0 Å². The summed E-state index contributed by atoms with van der Waals surface area (Å²) in [4.78, 5) is 13.9. The largest absolute Gasteiger partial charge is 0.492 e. The summed E-state index contributed by atoms with van der Waals surface area (Å²) in [5.74, 6) is 2.68. The molecular weight excluding hydrogens is 330 g/mol. The number of hydrogen-bond acceptors (Lipinski definition) is 4. The Labute approximate surface area is 154 Å². The SMILES string of the molecule is Cc1ccc(OCCN(C)C(=O)NCc2nnc3n2CCCCC3)cc1. The van der Waals surface area contributed by atoms with Gasteiger partial charge in [0.25, 0.3) is 0 Å². The van der Waals surface area contributed by atoms with Crippen molar-refractivity contribution in [1.82, 2.24) is 25.0 Å². The van der Waals surface area contributed by atoms with E-state index in [1.165, 1.54) is 12.0 Å². The fourth-order valence-electron chi connectivity index (χ4n) is 3.00. The fourth-order valence-corrected chi connectivity index (χ4v) is 3.00. The molecule has 1 aliphatic rings. The smallest absolute Gasteiger partial charge is 0.317 e. The van der Waals surface area contributed by atoms with Crippen LogP contribution in [0.15, 0.2) is 24.3 Å². The van der Waals surface area contributed by atoms with Crippen LogP contribution in [0.3, 0.4) is 0 Å². The third-order valence-electron chi connectivity index (χ3n) is 4.65. The number of hydrogen-bond donors (Lipinski definition) is 1. The Balaban J connectivity index is 1.43. The lowest BCUT2D eigenvalue weighted by Gasteiger charge is -2.18. The fraction of sp³-hybridized carbons (Fsp3) is 0.526. The van der Waals surface area contributed by atoms with E-state index in [1.807, 2.05) is 31.2 Å². The number of ether oxygens (including phenoxy) is 1. The second-order valence-corrected chi connectivity index (χ2v) is 6.74. The molecule has 0 spiro atoms. The average Bonchev–Trinajstić information content (AvgIpc) is 2.87. The number of rotatable bonds is 6. The molecule has 7 heteroatoms. The lowest BCUT2D eigenvalue weighted by atomic mass is 10.2. The van der Waals surface area contributed by atoms with Crippen LogP contribution in [-0.4, -0.2) is 45.9 Å². The van der Waals surface area contributed by atoms with Gasteiger partial charge in [0.2, 0.25) is 0 Å². The predicted molar refractivity (Wildman–Crippen MR) is 99.1 cm³/mol. The Kier molecular flexibility index (Phi) is 6.09. The molecule has 0 atom stereocenters. The molecule has 1 aromatic carbocycles. The van der Waals surface area contributed by atoms with Gasteiger partial charge in [0.1, 0.15) is 18.2 Å². The maximum atomic E-state index is 12.3. The summed E-state index contributed by atoms with van der Waals surface area (Å²) in [6.07, 6.45) is 4.49. The van der Waals surface area contributed by atoms with Crippen molar-refractivity contribution in [2.75, 3.05) is 20.2 Å². The number of benzene rings is 1. The molecule has 2 amide bonds. The van der Waals surface area contributed by atoms with E-state index in [9.17, 15) is 4.79 Å². The summed E-state index contributed by atoms with van der Waals surface area (Å²) in [6.45, 7) is 4.34. The van der Waals surface area contributed by atoms with Crippen molar-refractivity contribution >= 4 is 6.03 Å². The first-order valence-electron chi connectivity index (χ1n) is 9.23. The van der Waals surface area contributed by atoms with Crippen molar-refractivity contribution < 1.29 is 9.53 Å². The quantitative estimate of drug-likeness (QED) is 0.862. The van der Waals surface area contributed by atoms with E-state index in [2.05, 4.69) is 20.1 Å². The molecular formula is C19H27N5O2. The summed E-state index contributed by atoms with van der Waals surface area (Å²) in [6, 6.07) is 7.75. The highest BCUT2D eigenvalue weighted by molar-refractivity contribution is 5.73. The molecule has 1 aliphatic heterocycles. The number of aromatic nitrogens is 3. The van der Waals surface area contributed by atoms with E-state index in [0.29, 0.717) is 19.7 Å². The Bertz CT molecular complexity index is 726. The van der Waals surface area contributed by atoms with Crippen LogP contribution < -0.4 is 10.1 Å². The maximum absolute atomic E-state index is 12.3. The third-order valence-corrected chi connectivity index (χ3v) is 4.65. The zero-order chi connectivity index (χ0) is 18.4. The minimum absolute atomic E-state index is 0.136. The predicted octanol–water partition coefficient (Wildman–Crippen LogP) is 2.53. The molecule has 0 fully saturated rings. The summed E-state index contributed by atoms with van der Waals surface area (Å²) in [7, 11) is 1.76. The first kappa shape index (κ1) is 18.2. The number of likely N-dealkylation sites (N-methyl/N-ethyl adjacent to an activating group) is 1. The first-order valence-corrected chi connectivity index (χ1v) is 9.23. The van der Waals surface area contributed by atoms with Crippen LogP contribution in [0.1, 0.15) is 36.5 Å². The van der Waals surface area contributed by atoms with Gasteiger partial charge in [0, 0.05) is 20.0 Å². The van der Waals surface area contributed by atoms with E-state index in [1.54, 1.807) is 11.9 Å². The molecule has 0 radical (unpaired) electrons. The van der Waals surface area contributed by atoms with Crippen molar-refractivity contribution in [3.8, 4) is 5.75 Å². The molecule has 2 aromatic rings. The standard InChI is InChI=1S/C19H27N5O2/c1-15-7-9-16(10-8-15)26-13-12-23(2)19(25)20-14-18-22-21-17-6-4-3-5-11-24(17)18/h7-10H,3-6,11-14H2,1-2H3,(H,20,25). The molecule has 7 nitrogen and oxygen atoms in total. The van der Waals surface area contributed by atoms with Crippen LogP contribution in [0.4, 0.5) is 4.79 Å². The highest BCUT2D eigenvalue weighted by Crippen LogP contribution is 2.14. The van der Waals surface area contributed by atoms with Crippen LogP contribution in [0.5, 0.6) is 5.75 Å². The topological polar surface area (TPSA) is 72.3 Å². The normalized spacial score (nSPS) is 13.6. The van der Waals surface area contributed by atoms with Crippen molar-refractivity contribution in [3.63, 3.8) is 0 Å². The average molecular weight is 357 g/mol. The monoisotopic (exact) mass is 357 g/mol. The Morgan fingerprint density at radius 1 is 1.23 bits per heavy atom. The van der Waals surface area contributed by atoms with Gasteiger partial charge in [-0.1, -0.05) is 24.1 Å². The van der Waals surface area contributed by atoms with Gasteiger partial charge >= 0.3 is 6.03 Å². The summed E-state index contributed by atoms with van der Waals surface area (Å²) >= 11 is 0.